The predicted molar refractivity (Wildman–Crippen MR) is 59.2 cm³/mol. The summed E-state index contributed by atoms with van der Waals surface area (Å²) in [5, 5.41) is 0.855. The summed E-state index contributed by atoms with van der Waals surface area (Å²) < 4.78 is 13.6. The van der Waals surface area contributed by atoms with Crippen molar-refractivity contribution in [1.82, 2.24) is 4.98 Å². The number of hydrogen-bond acceptors (Lipinski definition) is 3. The Balaban J connectivity index is 2.34. The Bertz CT molecular complexity index is 427. The quantitative estimate of drug-likeness (QED) is 0.787. The lowest BCUT2D eigenvalue weighted by atomic mass is 10.2. The van der Waals surface area contributed by atoms with Gasteiger partial charge in [0.05, 0.1) is 10.4 Å². The SMILES string of the molecule is Fc1ccc(-c2ncc(SCl)s2)cc1. The van der Waals surface area contributed by atoms with Crippen molar-refractivity contribution in [1.29, 1.82) is 0 Å². The highest BCUT2D eigenvalue weighted by molar-refractivity contribution is 8.22. The second-order valence-electron chi connectivity index (χ2n) is 2.57. The van der Waals surface area contributed by atoms with E-state index in [9.17, 15) is 4.39 Å². The Hall–Kier alpha value is -0.580. The van der Waals surface area contributed by atoms with Gasteiger partial charge in [-0.15, -0.1) is 11.3 Å². The van der Waals surface area contributed by atoms with Gasteiger partial charge in [0.1, 0.15) is 10.8 Å². The molecule has 0 aliphatic heterocycles. The maximum absolute atomic E-state index is 12.6. The fourth-order valence-corrected chi connectivity index (χ4v) is 2.53. The van der Waals surface area contributed by atoms with Gasteiger partial charge >= 0.3 is 0 Å². The molecule has 0 saturated heterocycles. The van der Waals surface area contributed by atoms with E-state index in [4.69, 9.17) is 10.7 Å². The first kappa shape index (κ1) is 9.96. The average Bonchev–Trinajstić information content (AvgIpc) is 2.67. The molecule has 1 aromatic carbocycles. The Morgan fingerprint density at radius 1 is 1.29 bits per heavy atom. The van der Waals surface area contributed by atoms with Crippen LogP contribution in [0.25, 0.3) is 10.6 Å². The maximum atomic E-state index is 12.6. The number of benzene rings is 1. The van der Waals surface area contributed by atoms with Crippen LogP contribution in [0.4, 0.5) is 4.39 Å². The molecule has 14 heavy (non-hydrogen) atoms. The van der Waals surface area contributed by atoms with Crippen LogP contribution in [0, 0.1) is 5.82 Å². The number of aromatic nitrogens is 1. The maximum Gasteiger partial charge on any atom is 0.124 e. The minimum atomic E-state index is -0.239. The molecule has 0 bridgehead atoms. The number of nitrogens with zero attached hydrogens (tertiary/aromatic N) is 1. The fourth-order valence-electron chi connectivity index (χ4n) is 1.02. The average molecular weight is 246 g/mol. The van der Waals surface area contributed by atoms with Gasteiger partial charge in [0.2, 0.25) is 0 Å². The van der Waals surface area contributed by atoms with Gasteiger partial charge in [-0.1, -0.05) is 0 Å². The molecule has 0 spiro atoms. The number of thiazole rings is 1. The molecule has 1 nitrogen and oxygen atoms in total. The molecule has 0 aliphatic rings. The second-order valence-corrected chi connectivity index (χ2v) is 4.91. The molecule has 2 rings (SSSR count). The summed E-state index contributed by atoms with van der Waals surface area (Å²) in [7, 11) is 6.72. The van der Waals surface area contributed by atoms with E-state index < -0.39 is 0 Å². The first-order valence-electron chi connectivity index (χ1n) is 3.80. The van der Waals surface area contributed by atoms with Gasteiger partial charge < -0.3 is 0 Å². The first-order valence-corrected chi connectivity index (χ1v) is 6.26. The Kier molecular flexibility index (Phi) is 3.05. The molecule has 0 N–H and O–H groups in total. The highest BCUT2D eigenvalue weighted by atomic mass is 35.7. The van der Waals surface area contributed by atoms with Crippen LogP contribution in [0.15, 0.2) is 34.7 Å². The number of hydrogen-bond donors (Lipinski definition) is 0. The summed E-state index contributed by atoms with van der Waals surface area (Å²) in [6.45, 7) is 0. The van der Waals surface area contributed by atoms with Crippen LogP contribution in [0.1, 0.15) is 0 Å². The first-order chi connectivity index (χ1) is 6.79. The zero-order chi connectivity index (χ0) is 9.97. The van der Waals surface area contributed by atoms with Gasteiger partial charge in [0.25, 0.3) is 0 Å². The van der Waals surface area contributed by atoms with E-state index in [0.29, 0.717) is 0 Å². The van der Waals surface area contributed by atoms with Gasteiger partial charge in [-0.25, -0.2) is 9.37 Å². The Labute approximate surface area is 93.4 Å². The molecule has 5 heteroatoms. The van der Waals surface area contributed by atoms with Crippen LogP contribution < -0.4 is 0 Å². The van der Waals surface area contributed by atoms with Crippen molar-refractivity contribution >= 4 is 33.0 Å². The normalized spacial score (nSPS) is 10.4. The zero-order valence-corrected chi connectivity index (χ0v) is 9.30. The third kappa shape index (κ3) is 2.08. The number of rotatable bonds is 2. The van der Waals surface area contributed by atoms with Crippen LogP contribution in [0.5, 0.6) is 0 Å². The second kappa shape index (κ2) is 4.29. The van der Waals surface area contributed by atoms with Crippen molar-refractivity contribution in [3.8, 4) is 10.6 Å². The summed E-state index contributed by atoms with van der Waals surface area (Å²) in [5.74, 6) is -0.239. The topological polar surface area (TPSA) is 12.9 Å². The molecule has 1 heterocycles. The van der Waals surface area contributed by atoms with Crippen LogP contribution >= 0.6 is 33.0 Å². The lowest BCUT2D eigenvalue weighted by Crippen LogP contribution is -1.76. The van der Waals surface area contributed by atoms with Crippen LogP contribution in [-0.2, 0) is 0 Å². The van der Waals surface area contributed by atoms with E-state index in [0.717, 1.165) is 25.8 Å². The summed E-state index contributed by atoms with van der Waals surface area (Å²) in [5.41, 5.74) is 0.911. The molecule has 1 aromatic heterocycles. The standard InChI is InChI=1S/C9H5ClFNS2/c10-14-8-5-12-9(13-8)6-1-3-7(11)4-2-6/h1-5H. The van der Waals surface area contributed by atoms with Gasteiger partial charge in [-0.2, -0.15) is 0 Å². The minimum absolute atomic E-state index is 0.239. The predicted octanol–water partition coefficient (Wildman–Crippen LogP) is 4.20. The third-order valence-electron chi connectivity index (χ3n) is 1.65. The summed E-state index contributed by atoms with van der Waals surface area (Å²) in [6, 6.07) is 6.25. The van der Waals surface area contributed by atoms with E-state index in [1.165, 1.54) is 23.5 Å². The van der Waals surface area contributed by atoms with Crippen LogP contribution in [-0.4, -0.2) is 4.98 Å². The molecule has 0 fully saturated rings. The van der Waals surface area contributed by atoms with E-state index in [1.54, 1.807) is 18.3 Å². The highest BCUT2D eigenvalue weighted by Crippen LogP contribution is 2.33. The van der Waals surface area contributed by atoms with Gasteiger partial charge in [0.15, 0.2) is 0 Å². The molecule has 0 saturated carbocycles. The summed E-state index contributed by atoms with van der Waals surface area (Å²) >= 11 is 1.49. The molecular weight excluding hydrogens is 241 g/mol. The van der Waals surface area contributed by atoms with Crippen molar-refractivity contribution < 1.29 is 4.39 Å². The summed E-state index contributed by atoms with van der Waals surface area (Å²) in [4.78, 5) is 4.18. The van der Waals surface area contributed by atoms with Crippen molar-refractivity contribution in [2.24, 2.45) is 0 Å². The van der Waals surface area contributed by atoms with E-state index in [2.05, 4.69) is 4.98 Å². The lowest BCUT2D eigenvalue weighted by molar-refractivity contribution is 0.628. The summed E-state index contributed by atoms with van der Waals surface area (Å²) in [6.07, 6.45) is 1.71. The van der Waals surface area contributed by atoms with Crippen molar-refractivity contribution in [2.45, 2.75) is 4.21 Å². The van der Waals surface area contributed by atoms with E-state index >= 15 is 0 Å². The van der Waals surface area contributed by atoms with Crippen molar-refractivity contribution in [2.75, 3.05) is 0 Å². The molecule has 0 amide bonds. The van der Waals surface area contributed by atoms with Crippen molar-refractivity contribution in [3.63, 3.8) is 0 Å². The zero-order valence-electron chi connectivity index (χ0n) is 6.91. The number of halogens is 2. The van der Waals surface area contributed by atoms with Gasteiger partial charge in [-0.05, 0) is 45.9 Å². The molecule has 0 aliphatic carbocycles. The molecule has 0 atom stereocenters. The monoisotopic (exact) mass is 245 g/mol. The van der Waals surface area contributed by atoms with E-state index in [-0.39, 0.29) is 5.82 Å². The minimum Gasteiger partial charge on any atom is -0.243 e. The molecule has 0 radical (unpaired) electrons. The van der Waals surface area contributed by atoms with Gasteiger partial charge in [-0.3, -0.25) is 0 Å². The fraction of sp³-hybridized carbons (Fsp3) is 0. The lowest BCUT2D eigenvalue weighted by Gasteiger charge is -1.94. The van der Waals surface area contributed by atoms with Crippen molar-refractivity contribution in [3.05, 3.63) is 36.3 Å². The Morgan fingerprint density at radius 2 is 2.00 bits per heavy atom. The van der Waals surface area contributed by atoms with E-state index in [1.807, 2.05) is 0 Å². The highest BCUT2D eigenvalue weighted by Gasteiger charge is 2.04. The third-order valence-corrected chi connectivity index (χ3v) is 4.02. The smallest absolute Gasteiger partial charge is 0.124 e. The van der Waals surface area contributed by atoms with Crippen LogP contribution in [0.2, 0.25) is 0 Å². The molecular formula is C9H5ClFNS2. The van der Waals surface area contributed by atoms with Gasteiger partial charge in [0, 0.05) is 5.56 Å². The Morgan fingerprint density at radius 3 is 2.57 bits per heavy atom. The van der Waals surface area contributed by atoms with Crippen LogP contribution in [0.3, 0.4) is 0 Å². The molecule has 72 valence electrons. The molecule has 2 aromatic rings. The largest absolute Gasteiger partial charge is 0.243 e. The molecule has 0 unspecified atom stereocenters.